The molecule has 4 aliphatic rings. The summed E-state index contributed by atoms with van der Waals surface area (Å²) in [6, 6.07) is 34.9. The van der Waals surface area contributed by atoms with E-state index in [0.29, 0.717) is 26.2 Å². The molecule has 4 aromatic carbocycles. The SMILES string of the molecule is CC(C)[C@H](NC(=O)OC(C)(C)C)C(=O)N1CCN(Cc2ccccc2)C[C@H]1C(=O)N[C@@H]1CCCc2ccccc21.CC(C)[C@H](NC(=O)OC(C)(C)C)C(=O)O.O=C(N[C@@H]1CCCc2ccccc21)[C@@H]1CN(Cc2ccccc2)CCN1. The number of alkyl carbamates (subject to hydrolysis) is 2. The van der Waals surface area contributed by atoms with Crippen LogP contribution in [0.3, 0.4) is 0 Å². The van der Waals surface area contributed by atoms with Crippen LogP contribution in [0, 0.1) is 11.8 Å². The Labute approximate surface area is 480 Å². The van der Waals surface area contributed by atoms with E-state index in [1.54, 1.807) is 60.3 Å². The first-order valence-corrected chi connectivity index (χ1v) is 29.0. The highest BCUT2D eigenvalue weighted by atomic mass is 16.6. The number of aliphatic carboxylic acids is 1. The lowest BCUT2D eigenvalue weighted by molar-refractivity contribution is -0.147. The Morgan fingerprint density at radius 2 is 1.02 bits per heavy atom. The second-order valence-corrected chi connectivity index (χ2v) is 24.4. The fraction of sp³-hybridized carbons (Fsp3) is 0.531. The number of carboxylic acids is 1. The van der Waals surface area contributed by atoms with Gasteiger partial charge in [-0.15, -0.1) is 0 Å². The molecule has 2 aliphatic heterocycles. The second-order valence-electron chi connectivity index (χ2n) is 24.4. The molecular formula is C64H90N8O9. The van der Waals surface area contributed by atoms with Crippen LogP contribution in [-0.4, -0.2) is 130 Å². The molecule has 17 nitrogen and oxygen atoms in total. The Kier molecular flexibility index (Phi) is 23.3. The van der Waals surface area contributed by atoms with Gasteiger partial charge in [0, 0.05) is 52.4 Å². The number of nitrogens with zero attached hydrogens (tertiary/aromatic N) is 3. The van der Waals surface area contributed by atoms with Crippen molar-refractivity contribution in [3.05, 3.63) is 143 Å². The Bertz CT molecular complexity index is 2690. The Morgan fingerprint density at radius 1 is 0.580 bits per heavy atom. The van der Waals surface area contributed by atoms with Crippen LogP contribution >= 0.6 is 0 Å². The summed E-state index contributed by atoms with van der Waals surface area (Å²) in [5.41, 5.74) is 6.26. The van der Waals surface area contributed by atoms with Crippen molar-refractivity contribution in [2.45, 2.75) is 168 Å². The number of hydrogen-bond acceptors (Lipinski definition) is 11. The smallest absolute Gasteiger partial charge is 0.408 e. The molecule has 6 atom stereocenters. The van der Waals surface area contributed by atoms with Crippen LogP contribution in [0.2, 0.25) is 0 Å². The summed E-state index contributed by atoms with van der Waals surface area (Å²) in [7, 11) is 0. The number of amides is 5. The number of nitrogens with one attached hydrogen (secondary N) is 5. The molecule has 0 radical (unpaired) electrons. The van der Waals surface area contributed by atoms with Crippen LogP contribution in [0.1, 0.15) is 140 Å². The topological polar surface area (TPSA) is 211 Å². The minimum Gasteiger partial charge on any atom is -0.480 e. The third-order valence-corrected chi connectivity index (χ3v) is 14.7. The first kappa shape index (κ1) is 63.4. The predicted octanol–water partition coefficient (Wildman–Crippen LogP) is 8.72. The molecule has 17 heteroatoms. The zero-order valence-electron chi connectivity index (χ0n) is 49.5. The quantitative estimate of drug-likeness (QED) is 0.0701. The van der Waals surface area contributed by atoms with Crippen LogP contribution in [0.25, 0.3) is 0 Å². The number of carbonyl (C=O) groups is 6. The van der Waals surface area contributed by atoms with E-state index in [4.69, 9.17) is 14.6 Å². The third-order valence-electron chi connectivity index (χ3n) is 14.7. The van der Waals surface area contributed by atoms with Gasteiger partial charge in [-0.3, -0.25) is 24.2 Å². The molecule has 440 valence electrons. The summed E-state index contributed by atoms with van der Waals surface area (Å²) in [5.74, 6) is -1.72. The lowest BCUT2D eigenvalue weighted by Crippen LogP contribution is -2.64. The normalized spacial score (nSPS) is 20.0. The van der Waals surface area contributed by atoms with Gasteiger partial charge in [-0.25, -0.2) is 14.4 Å². The number of aryl methyl sites for hydroxylation is 2. The molecule has 0 bridgehead atoms. The molecule has 2 aliphatic carbocycles. The second kappa shape index (κ2) is 29.8. The van der Waals surface area contributed by atoms with Crippen molar-refractivity contribution in [3.8, 4) is 0 Å². The van der Waals surface area contributed by atoms with E-state index in [0.717, 1.165) is 75.8 Å². The highest BCUT2D eigenvalue weighted by molar-refractivity contribution is 5.92. The number of rotatable bonds is 14. The molecule has 0 unspecified atom stereocenters. The summed E-state index contributed by atoms with van der Waals surface area (Å²) < 4.78 is 10.4. The van der Waals surface area contributed by atoms with Gasteiger partial charge < -0.3 is 46.1 Å². The summed E-state index contributed by atoms with van der Waals surface area (Å²) >= 11 is 0. The maximum atomic E-state index is 14.0. The van der Waals surface area contributed by atoms with Gasteiger partial charge in [0.25, 0.3) is 0 Å². The van der Waals surface area contributed by atoms with Crippen molar-refractivity contribution in [1.82, 2.24) is 41.3 Å². The van der Waals surface area contributed by atoms with Gasteiger partial charge in [0.15, 0.2) is 0 Å². The molecule has 6 N–H and O–H groups in total. The van der Waals surface area contributed by atoms with E-state index in [9.17, 15) is 28.8 Å². The first-order valence-electron chi connectivity index (χ1n) is 29.0. The Morgan fingerprint density at radius 3 is 1.49 bits per heavy atom. The number of piperazine rings is 2. The van der Waals surface area contributed by atoms with Gasteiger partial charge in [-0.2, -0.15) is 0 Å². The monoisotopic (exact) mass is 1110 g/mol. The molecule has 0 spiro atoms. The highest BCUT2D eigenvalue weighted by Gasteiger charge is 2.41. The van der Waals surface area contributed by atoms with Crippen LogP contribution in [0.5, 0.6) is 0 Å². The van der Waals surface area contributed by atoms with Crippen LogP contribution in [0.15, 0.2) is 109 Å². The number of ether oxygens (including phenoxy) is 2. The molecule has 4 aromatic rings. The van der Waals surface area contributed by atoms with Crippen molar-refractivity contribution < 1.29 is 43.3 Å². The number of hydrogen-bond donors (Lipinski definition) is 6. The Hall–Kier alpha value is -6.82. The van der Waals surface area contributed by atoms with E-state index in [1.807, 2.05) is 50.2 Å². The van der Waals surface area contributed by atoms with Crippen molar-refractivity contribution in [2.24, 2.45) is 11.8 Å². The van der Waals surface area contributed by atoms with Gasteiger partial charge in [-0.05, 0) is 125 Å². The van der Waals surface area contributed by atoms with Crippen molar-refractivity contribution in [2.75, 3.05) is 39.3 Å². The summed E-state index contributed by atoms with van der Waals surface area (Å²) in [6.45, 7) is 23.4. The molecule has 8 rings (SSSR count). The zero-order valence-corrected chi connectivity index (χ0v) is 49.5. The molecule has 2 saturated heterocycles. The third kappa shape index (κ3) is 20.0. The molecule has 5 amide bonds. The number of carbonyl (C=O) groups excluding carboxylic acids is 5. The van der Waals surface area contributed by atoms with Crippen LogP contribution in [0.4, 0.5) is 9.59 Å². The van der Waals surface area contributed by atoms with E-state index < -0.39 is 47.5 Å². The number of benzene rings is 4. The van der Waals surface area contributed by atoms with Crippen molar-refractivity contribution in [1.29, 1.82) is 0 Å². The fourth-order valence-electron chi connectivity index (χ4n) is 10.7. The van der Waals surface area contributed by atoms with E-state index in [-0.39, 0.29) is 47.7 Å². The van der Waals surface area contributed by atoms with Crippen LogP contribution in [-0.2, 0) is 54.6 Å². The van der Waals surface area contributed by atoms with Gasteiger partial charge in [0.2, 0.25) is 17.7 Å². The molecule has 0 aromatic heterocycles. The fourth-order valence-corrected chi connectivity index (χ4v) is 10.7. The maximum absolute atomic E-state index is 14.0. The van der Waals surface area contributed by atoms with Crippen molar-refractivity contribution in [3.63, 3.8) is 0 Å². The lowest BCUT2D eigenvalue weighted by Gasteiger charge is -2.43. The molecule has 2 fully saturated rings. The van der Waals surface area contributed by atoms with E-state index >= 15 is 0 Å². The van der Waals surface area contributed by atoms with E-state index in [2.05, 4.69) is 109 Å². The number of fused-ring (bicyclic) bond motifs is 2. The van der Waals surface area contributed by atoms with E-state index in [1.165, 1.54) is 22.3 Å². The molecule has 2 heterocycles. The van der Waals surface area contributed by atoms with Crippen molar-refractivity contribution >= 4 is 35.9 Å². The molecule has 0 saturated carbocycles. The molecular weight excluding hydrogens is 1020 g/mol. The lowest BCUT2D eigenvalue weighted by atomic mass is 9.87. The van der Waals surface area contributed by atoms with Gasteiger partial charge in [0.1, 0.15) is 29.3 Å². The summed E-state index contributed by atoms with van der Waals surface area (Å²) in [5, 5.41) is 23.9. The predicted molar refractivity (Wildman–Crippen MR) is 315 cm³/mol. The summed E-state index contributed by atoms with van der Waals surface area (Å²) in [4.78, 5) is 81.7. The maximum Gasteiger partial charge on any atom is 0.408 e. The average Bonchev–Trinajstić information content (AvgIpc) is 3.47. The molecule has 81 heavy (non-hydrogen) atoms. The first-order chi connectivity index (χ1) is 38.4. The highest BCUT2D eigenvalue weighted by Crippen LogP contribution is 2.31. The zero-order chi connectivity index (χ0) is 58.9. The van der Waals surface area contributed by atoms with Gasteiger partial charge in [0.05, 0.1) is 18.1 Å². The summed E-state index contributed by atoms with van der Waals surface area (Å²) in [6.07, 6.45) is 4.83. The number of carboxylic acid groups (broad SMARTS) is 1. The standard InChI is InChI=1S/C32H44N4O4.C22H27N3O.C10H19NO4/c1-22(2)28(34-31(39)40-32(3,4)5)30(38)36-19-18-35(20-23-12-7-6-8-13-23)21-27(36)29(37)33-26-17-11-15-24-14-9-10-16-25(24)26;26-22(24-20-12-6-10-18-9-4-5-11-19(18)20)21-16-25(14-13-23-21)15-17-7-2-1-3-8-17;1-6(2)7(8(12)13)11-9(14)15-10(3,4)5/h6-10,12-14,16,22,26-28H,11,15,17-21H2,1-5H3,(H,33,37)(H,34,39);1-5,7-9,11,20-21,23H,6,10,12-16H2,(H,24,26);6-7H,1-5H3,(H,11,14)(H,12,13)/t26-,27+,28+;20-,21+;7-/m110/s1. The minimum atomic E-state index is -1.06. The minimum absolute atomic E-state index is 0.0836. The van der Waals surface area contributed by atoms with Gasteiger partial charge >= 0.3 is 18.2 Å². The van der Waals surface area contributed by atoms with Gasteiger partial charge in [-0.1, -0.05) is 137 Å². The Balaban J connectivity index is 0.000000220. The average molecular weight is 1120 g/mol. The van der Waals surface area contributed by atoms with Crippen LogP contribution < -0.4 is 26.6 Å². The largest absolute Gasteiger partial charge is 0.480 e.